The summed E-state index contributed by atoms with van der Waals surface area (Å²) in [6, 6.07) is 0. The summed E-state index contributed by atoms with van der Waals surface area (Å²) < 4.78 is 0. The van der Waals surface area contributed by atoms with Crippen molar-refractivity contribution in [2.24, 2.45) is 5.73 Å². The molecule has 0 heterocycles. The Labute approximate surface area is 94.2 Å². The van der Waals surface area contributed by atoms with Crippen molar-refractivity contribution in [1.82, 2.24) is 0 Å². The van der Waals surface area contributed by atoms with Crippen LogP contribution in [0.5, 0.6) is 0 Å². The number of thioether (sulfide) groups is 1. The third-order valence-corrected chi connectivity index (χ3v) is 4.22. The van der Waals surface area contributed by atoms with Gasteiger partial charge in [-0.1, -0.05) is 0 Å². The lowest BCUT2D eigenvalue weighted by atomic mass is 9.82. The molecule has 0 saturated heterocycles. The topological polar surface area (TPSA) is 83.6 Å². The van der Waals surface area contributed by atoms with E-state index in [-0.39, 0.29) is 6.61 Å². The zero-order valence-corrected chi connectivity index (χ0v) is 9.63. The molecule has 0 bridgehead atoms. The zero-order chi connectivity index (χ0) is 11.3. The summed E-state index contributed by atoms with van der Waals surface area (Å²) in [4.78, 5) is 11.0. The van der Waals surface area contributed by atoms with Gasteiger partial charge in [0.15, 0.2) is 0 Å². The third kappa shape index (κ3) is 3.66. The van der Waals surface area contributed by atoms with Gasteiger partial charge in [-0.3, -0.25) is 4.79 Å². The van der Waals surface area contributed by atoms with E-state index in [2.05, 4.69) is 0 Å². The van der Waals surface area contributed by atoms with Crippen molar-refractivity contribution in [2.45, 2.75) is 42.9 Å². The molecule has 0 aliphatic heterocycles. The van der Waals surface area contributed by atoms with Crippen LogP contribution in [0.3, 0.4) is 0 Å². The lowest BCUT2D eigenvalue weighted by Crippen LogP contribution is -2.51. The summed E-state index contributed by atoms with van der Waals surface area (Å²) in [7, 11) is 0. The molecular formula is C10H19NO3S. The van der Waals surface area contributed by atoms with Gasteiger partial charge in [-0.05, 0) is 37.9 Å². The molecule has 88 valence electrons. The monoisotopic (exact) mass is 233 g/mol. The Kier molecular flexibility index (Phi) is 4.89. The van der Waals surface area contributed by atoms with Crippen LogP contribution in [-0.2, 0) is 4.79 Å². The second-order valence-electron chi connectivity index (χ2n) is 4.13. The molecule has 4 nitrogen and oxygen atoms in total. The molecule has 1 aliphatic rings. The molecule has 4 N–H and O–H groups in total. The number of aliphatic hydroxyl groups excluding tert-OH is 1. The molecule has 0 radical (unpaired) electrons. The molecule has 2 unspecified atom stereocenters. The van der Waals surface area contributed by atoms with Crippen molar-refractivity contribution in [3.8, 4) is 0 Å². The van der Waals surface area contributed by atoms with E-state index >= 15 is 0 Å². The number of carboxylic acids is 1. The van der Waals surface area contributed by atoms with Gasteiger partial charge in [0.1, 0.15) is 5.54 Å². The highest BCUT2D eigenvalue weighted by Gasteiger charge is 2.39. The predicted molar refractivity (Wildman–Crippen MR) is 61.0 cm³/mol. The van der Waals surface area contributed by atoms with E-state index in [1.54, 1.807) is 11.8 Å². The Morgan fingerprint density at radius 3 is 2.93 bits per heavy atom. The van der Waals surface area contributed by atoms with Crippen LogP contribution in [0.1, 0.15) is 32.1 Å². The van der Waals surface area contributed by atoms with E-state index in [0.29, 0.717) is 18.1 Å². The SMILES string of the molecule is NC1(C(=O)O)CCCC(SCCCO)C1. The summed E-state index contributed by atoms with van der Waals surface area (Å²) >= 11 is 1.74. The molecule has 0 amide bonds. The van der Waals surface area contributed by atoms with Crippen LogP contribution in [0.2, 0.25) is 0 Å². The van der Waals surface area contributed by atoms with Gasteiger partial charge < -0.3 is 15.9 Å². The van der Waals surface area contributed by atoms with E-state index < -0.39 is 11.5 Å². The predicted octanol–water partition coefficient (Wildman–Crippen LogP) is 0.827. The van der Waals surface area contributed by atoms with Crippen molar-refractivity contribution in [3.05, 3.63) is 0 Å². The van der Waals surface area contributed by atoms with Gasteiger partial charge in [-0.2, -0.15) is 11.8 Å². The first-order valence-electron chi connectivity index (χ1n) is 5.33. The smallest absolute Gasteiger partial charge is 0.323 e. The molecule has 0 aromatic carbocycles. The zero-order valence-electron chi connectivity index (χ0n) is 8.82. The van der Waals surface area contributed by atoms with Crippen molar-refractivity contribution in [3.63, 3.8) is 0 Å². The number of aliphatic hydroxyl groups is 1. The van der Waals surface area contributed by atoms with Crippen LogP contribution in [-0.4, -0.2) is 39.3 Å². The van der Waals surface area contributed by atoms with Gasteiger partial charge in [0.05, 0.1) is 0 Å². The quantitative estimate of drug-likeness (QED) is 0.612. The summed E-state index contributed by atoms with van der Waals surface area (Å²) in [6.45, 7) is 0.201. The highest BCUT2D eigenvalue weighted by Crippen LogP contribution is 2.33. The average Bonchev–Trinajstić information content (AvgIpc) is 2.18. The lowest BCUT2D eigenvalue weighted by Gasteiger charge is -2.34. The van der Waals surface area contributed by atoms with E-state index in [1.807, 2.05) is 0 Å². The van der Waals surface area contributed by atoms with Gasteiger partial charge in [0.2, 0.25) is 0 Å². The second kappa shape index (κ2) is 5.72. The molecule has 1 aliphatic carbocycles. The fraction of sp³-hybridized carbons (Fsp3) is 0.900. The number of nitrogens with two attached hydrogens (primary N) is 1. The minimum Gasteiger partial charge on any atom is -0.480 e. The summed E-state index contributed by atoms with van der Waals surface area (Å²) in [5.41, 5.74) is 4.82. The van der Waals surface area contributed by atoms with E-state index in [1.165, 1.54) is 0 Å². The van der Waals surface area contributed by atoms with Gasteiger partial charge in [0, 0.05) is 11.9 Å². The average molecular weight is 233 g/mol. The lowest BCUT2D eigenvalue weighted by molar-refractivity contribution is -0.144. The maximum atomic E-state index is 11.0. The number of hydrogen-bond acceptors (Lipinski definition) is 4. The molecule has 5 heteroatoms. The van der Waals surface area contributed by atoms with E-state index in [4.69, 9.17) is 15.9 Å². The van der Waals surface area contributed by atoms with Crippen molar-refractivity contribution in [1.29, 1.82) is 0 Å². The largest absolute Gasteiger partial charge is 0.480 e. The van der Waals surface area contributed by atoms with Crippen LogP contribution in [0.25, 0.3) is 0 Å². The number of hydrogen-bond donors (Lipinski definition) is 3. The molecule has 0 spiro atoms. The molecule has 1 saturated carbocycles. The molecule has 1 fully saturated rings. The summed E-state index contributed by atoms with van der Waals surface area (Å²) in [5.74, 6) is 0.00611. The maximum absolute atomic E-state index is 11.0. The maximum Gasteiger partial charge on any atom is 0.323 e. The molecule has 0 aromatic rings. The molecular weight excluding hydrogens is 214 g/mol. The van der Waals surface area contributed by atoms with Crippen LogP contribution in [0.15, 0.2) is 0 Å². The van der Waals surface area contributed by atoms with Crippen molar-refractivity contribution < 1.29 is 15.0 Å². The molecule has 0 aromatic heterocycles. The Bertz CT molecular complexity index is 225. The fourth-order valence-corrected chi connectivity index (χ4v) is 3.28. The van der Waals surface area contributed by atoms with Gasteiger partial charge in [-0.25, -0.2) is 0 Å². The molecule has 2 atom stereocenters. The fourth-order valence-electron chi connectivity index (χ4n) is 1.91. The minimum atomic E-state index is -1.02. The normalized spacial score (nSPS) is 31.5. The molecule has 15 heavy (non-hydrogen) atoms. The minimum absolute atomic E-state index is 0.201. The first-order valence-corrected chi connectivity index (χ1v) is 6.38. The van der Waals surface area contributed by atoms with Crippen LogP contribution < -0.4 is 5.73 Å². The Balaban J connectivity index is 2.38. The highest BCUT2D eigenvalue weighted by molar-refractivity contribution is 7.99. The second-order valence-corrected chi connectivity index (χ2v) is 5.54. The summed E-state index contributed by atoms with van der Waals surface area (Å²) in [6.07, 6.45) is 3.84. The number of carbonyl (C=O) groups is 1. The number of carboxylic acid groups (broad SMARTS) is 1. The Hall–Kier alpha value is -0.260. The van der Waals surface area contributed by atoms with Gasteiger partial charge in [-0.15, -0.1) is 0 Å². The first-order chi connectivity index (χ1) is 7.08. The number of aliphatic carboxylic acids is 1. The molecule has 1 rings (SSSR count). The Morgan fingerprint density at radius 2 is 2.33 bits per heavy atom. The number of rotatable bonds is 5. The highest BCUT2D eigenvalue weighted by atomic mass is 32.2. The standard InChI is InChI=1S/C10H19NO3S/c11-10(9(13)14)4-1-3-8(7-10)15-6-2-5-12/h8,12H,1-7,11H2,(H,13,14). The van der Waals surface area contributed by atoms with E-state index in [0.717, 1.165) is 25.0 Å². The van der Waals surface area contributed by atoms with Crippen LogP contribution in [0, 0.1) is 0 Å². The van der Waals surface area contributed by atoms with Gasteiger partial charge in [0.25, 0.3) is 0 Å². The van der Waals surface area contributed by atoms with E-state index in [9.17, 15) is 4.79 Å². The van der Waals surface area contributed by atoms with Crippen molar-refractivity contribution in [2.75, 3.05) is 12.4 Å². The van der Waals surface area contributed by atoms with Crippen molar-refractivity contribution >= 4 is 17.7 Å². The van der Waals surface area contributed by atoms with Crippen LogP contribution >= 0.6 is 11.8 Å². The van der Waals surface area contributed by atoms with Crippen LogP contribution in [0.4, 0.5) is 0 Å². The third-order valence-electron chi connectivity index (χ3n) is 2.82. The van der Waals surface area contributed by atoms with Gasteiger partial charge >= 0.3 is 5.97 Å². The first kappa shape index (κ1) is 12.8. The summed E-state index contributed by atoms with van der Waals surface area (Å²) in [5, 5.41) is 18.0. The Morgan fingerprint density at radius 1 is 1.60 bits per heavy atom.